The second kappa shape index (κ2) is 5.17. The number of benzene rings is 1. The summed E-state index contributed by atoms with van der Waals surface area (Å²) in [5.41, 5.74) is 1.58. The van der Waals surface area contributed by atoms with E-state index in [0.717, 1.165) is 18.5 Å². The van der Waals surface area contributed by atoms with Crippen molar-refractivity contribution in [3.63, 3.8) is 0 Å². The monoisotopic (exact) mass is 225 g/mol. The Balaban J connectivity index is 2.97. The third-order valence-corrected chi connectivity index (χ3v) is 2.40. The fourth-order valence-corrected chi connectivity index (χ4v) is 1.79. The normalized spacial score (nSPS) is 10.5. The van der Waals surface area contributed by atoms with Gasteiger partial charge < -0.3 is 4.90 Å². The van der Waals surface area contributed by atoms with Crippen LogP contribution in [0.25, 0.3) is 0 Å². The Morgan fingerprint density at radius 2 is 2.13 bits per heavy atom. The number of anilines is 1. The second-order valence-electron chi connectivity index (χ2n) is 4.10. The van der Waals surface area contributed by atoms with E-state index in [0.29, 0.717) is 16.5 Å². The molecule has 0 bridgehead atoms. The van der Waals surface area contributed by atoms with Crippen LogP contribution in [-0.2, 0) is 0 Å². The van der Waals surface area contributed by atoms with Gasteiger partial charge in [-0.2, -0.15) is 0 Å². The van der Waals surface area contributed by atoms with Gasteiger partial charge in [0.2, 0.25) is 0 Å². The summed E-state index contributed by atoms with van der Waals surface area (Å²) >= 11 is 5.83. The summed E-state index contributed by atoms with van der Waals surface area (Å²) in [5, 5.41) is 0.596. The lowest BCUT2D eigenvalue weighted by Crippen LogP contribution is -2.23. The summed E-state index contributed by atoms with van der Waals surface area (Å²) in [4.78, 5) is 13.0. The molecule has 0 atom stereocenters. The average molecular weight is 226 g/mol. The molecule has 82 valence electrons. The van der Waals surface area contributed by atoms with Crippen molar-refractivity contribution in [2.75, 3.05) is 18.5 Å². The minimum atomic E-state index is 0.560. The summed E-state index contributed by atoms with van der Waals surface area (Å²) < 4.78 is 0. The average Bonchev–Trinajstić information content (AvgIpc) is 2.16. The number of hydrogen-bond donors (Lipinski definition) is 0. The van der Waals surface area contributed by atoms with E-state index in [1.165, 1.54) is 0 Å². The van der Waals surface area contributed by atoms with Crippen molar-refractivity contribution in [3.05, 3.63) is 28.8 Å². The first-order valence-electron chi connectivity index (χ1n) is 5.00. The Morgan fingerprint density at radius 3 is 2.67 bits per heavy atom. The van der Waals surface area contributed by atoms with E-state index in [2.05, 4.69) is 18.7 Å². The molecular formula is C12H16ClNO. The van der Waals surface area contributed by atoms with Gasteiger partial charge in [0.15, 0.2) is 6.29 Å². The minimum Gasteiger partial charge on any atom is -0.374 e. The Bertz CT molecular complexity index is 349. The van der Waals surface area contributed by atoms with Gasteiger partial charge in [0, 0.05) is 29.9 Å². The highest BCUT2D eigenvalue weighted by Gasteiger charge is 2.08. The number of carbonyl (C=O) groups excluding carboxylic acids is 1. The summed E-state index contributed by atoms with van der Waals surface area (Å²) in [6.45, 7) is 5.21. The maximum absolute atomic E-state index is 10.9. The van der Waals surface area contributed by atoms with Crippen LogP contribution < -0.4 is 4.90 Å². The summed E-state index contributed by atoms with van der Waals surface area (Å²) in [5.74, 6) is 0.560. The quantitative estimate of drug-likeness (QED) is 0.734. The predicted molar refractivity (Wildman–Crippen MR) is 64.9 cm³/mol. The minimum absolute atomic E-state index is 0.560. The Hall–Kier alpha value is -1.02. The highest BCUT2D eigenvalue weighted by molar-refractivity contribution is 6.31. The van der Waals surface area contributed by atoms with Gasteiger partial charge in [0.05, 0.1) is 0 Å². The van der Waals surface area contributed by atoms with Crippen LogP contribution in [-0.4, -0.2) is 19.9 Å². The number of nitrogens with zero attached hydrogens (tertiary/aromatic N) is 1. The van der Waals surface area contributed by atoms with Crippen molar-refractivity contribution >= 4 is 23.6 Å². The first kappa shape index (κ1) is 12.1. The van der Waals surface area contributed by atoms with Crippen molar-refractivity contribution in [2.24, 2.45) is 5.92 Å². The second-order valence-corrected chi connectivity index (χ2v) is 4.53. The molecule has 0 unspecified atom stereocenters. The van der Waals surface area contributed by atoms with E-state index in [4.69, 9.17) is 11.6 Å². The first-order valence-corrected chi connectivity index (χ1v) is 5.38. The smallest absolute Gasteiger partial charge is 0.152 e. The number of halogens is 1. The predicted octanol–water partition coefficient (Wildman–Crippen LogP) is 3.24. The molecule has 0 spiro atoms. The number of carbonyl (C=O) groups is 1. The lowest BCUT2D eigenvalue weighted by Gasteiger charge is -2.22. The molecule has 0 amide bonds. The van der Waals surface area contributed by atoms with Crippen molar-refractivity contribution in [1.82, 2.24) is 0 Å². The SMILES string of the molecule is CC(C)CN(C)c1ccc(Cl)cc1C=O. The third-order valence-electron chi connectivity index (χ3n) is 2.17. The van der Waals surface area contributed by atoms with Crippen LogP contribution in [0.3, 0.4) is 0 Å². The maximum Gasteiger partial charge on any atom is 0.152 e. The fourth-order valence-electron chi connectivity index (χ4n) is 1.61. The van der Waals surface area contributed by atoms with Crippen molar-refractivity contribution in [1.29, 1.82) is 0 Å². The van der Waals surface area contributed by atoms with Gasteiger partial charge in [-0.25, -0.2) is 0 Å². The Morgan fingerprint density at radius 1 is 1.47 bits per heavy atom. The molecule has 1 aromatic rings. The zero-order chi connectivity index (χ0) is 11.4. The van der Waals surface area contributed by atoms with Gasteiger partial charge in [-0.05, 0) is 24.1 Å². The van der Waals surface area contributed by atoms with Crippen molar-refractivity contribution < 1.29 is 4.79 Å². The van der Waals surface area contributed by atoms with Gasteiger partial charge in [-0.1, -0.05) is 25.4 Å². The molecule has 0 aromatic heterocycles. The van der Waals surface area contributed by atoms with E-state index < -0.39 is 0 Å². The molecule has 3 heteroatoms. The summed E-state index contributed by atoms with van der Waals surface area (Å²) in [6.07, 6.45) is 0.845. The Labute approximate surface area is 95.8 Å². The number of aldehydes is 1. The topological polar surface area (TPSA) is 20.3 Å². The fraction of sp³-hybridized carbons (Fsp3) is 0.417. The van der Waals surface area contributed by atoms with Crippen LogP contribution in [0.15, 0.2) is 18.2 Å². The van der Waals surface area contributed by atoms with E-state index in [1.54, 1.807) is 12.1 Å². The number of rotatable bonds is 4. The van der Waals surface area contributed by atoms with Crippen LogP contribution in [0.5, 0.6) is 0 Å². The van der Waals surface area contributed by atoms with E-state index >= 15 is 0 Å². The van der Waals surface area contributed by atoms with Gasteiger partial charge in [-0.3, -0.25) is 4.79 Å². The molecule has 0 aliphatic carbocycles. The van der Waals surface area contributed by atoms with Crippen LogP contribution >= 0.6 is 11.6 Å². The highest BCUT2D eigenvalue weighted by Crippen LogP contribution is 2.22. The van der Waals surface area contributed by atoms with E-state index in [1.807, 2.05) is 13.1 Å². The molecule has 1 aromatic carbocycles. The van der Waals surface area contributed by atoms with Gasteiger partial charge in [-0.15, -0.1) is 0 Å². The van der Waals surface area contributed by atoms with Crippen molar-refractivity contribution in [2.45, 2.75) is 13.8 Å². The largest absolute Gasteiger partial charge is 0.374 e. The Kier molecular flexibility index (Phi) is 4.15. The van der Waals surface area contributed by atoms with Crippen molar-refractivity contribution in [3.8, 4) is 0 Å². The molecule has 1 rings (SSSR count). The summed E-state index contributed by atoms with van der Waals surface area (Å²) in [7, 11) is 1.98. The molecule has 0 aliphatic rings. The zero-order valence-corrected chi connectivity index (χ0v) is 10.1. The van der Waals surface area contributed by atoms with E-state index in [9.17, 15) is 4.79 Å². The van der Waals surface area contributed by atoms with Gasteiger partial charge >= 0.3 is 0 Å². The van der Waals surface area contributed by atoms with Crippen LogP contribution in [0, 0.1) is 5.92 Å². The molecule has 2 nitrogen and oxygen atoms in total. The molecule has 0 N–H and O–H groups in total. The molecule has 0 saturated heterocycles. The van der Waals surface area contributed by atoms with E-state index in [-0.39, 0.29) is 0 Å². The molecule has 0 aliphatic heterocycles. The molecule has 0 radical (unpaired) electrons. The highest BCUT2D eigenvalue weighted by atomic mass is 35.5. The lowest BCUT2D eigenvalue weighted by molar-refractivity contribution is 0.112. The lowest BCUT2D eigenvalue weighted by atomic mass is 10.1. The zero-order valence-electron chi connectivity index (χ0n) is 9.33. The molecular weight excluding hydrogens is 210 g/mol. The van der Waals surface area contributed by atoms with Crippen LogP contribution in [0.1, 0.15) is 24.2 Å². The standard InChI is InChI=1S/C12H16ClNO/c1-9(2)7-14(3)12-5-4-11(13)6-10(12)8-15/h4-6,8-9H,7H2,1-3H3. The first-order chi connectivity index (χ1) is 7.04. The van der Waals surface area contributed by atoms with Gasteiger partial charge in [0.25, 0.3) is 0 Å². The molecule has 0 saturated carbocycles. The molecule has 0 heterocycles. The van der Waals surface area contributed by atoms with Gasteiger partial charge in [0.1, 0.15) is 0 Å². The van der Waals surface area contributed by atoms with Crippen LogP contribution in [0.4, 0.5) is 5.69 Å². The van der Waals surface area contributed by atoms with Crippen LogP contribution in [0.2, 0.25) is 5.02 Å². The molecule has 0 fully saturated rings. The third kappa shape index (κ3) is 3.24. The molecule has 15 heavy (non-hydrogen) atoms. The maximum atomic E-state index is 10.9. The number of hydrogen-bond acceptors (Lipinski definition) is 2. The summed E-state index contributed by atoms with van der Waals surface area (Å²) in [6, 6.07) is 5.38.